The normalized spacial score (nSPS) is 17.6. The fraction of sp³-hybridized carbons (Fsp3) is 0.467. The summed E-state index contributed by atoms with van der Waals surface area (Å²) >= 11 is 13.2. The number of esters is 1. The third-order valence-electron chi connectivity index (χ3n) is 7.67. The average Bonchev–Trinajstić information content (AvgIpc) is 3.29. The lowest BCUT2D eigenvalue weighted by molar-refractivity contribution is -0.149. The number of rotatable bonds is 8. The van der Waals surface area contributed by atoms with Gasteiger partial charge in [-0.25, -0.2) is 0 Å². The zero-order valence-electron chi connectivity index (χ0n) is 22.2. The van der Waals surface area contributed by atoms with Crippen molar-refractivity contribution in [3.63, 3.8) is 0 Å². The lowest BCUT2D eigenvalue weighted by atomic mass is 9.90. The molecule has 3 aromatic rings. The number of carbonyl (C=O) groups is 1. The van der Waals surface area contributed by atoms with E-state index in [0.29, 0.717) is 11.8 Å². The van der Waals surface area contributed by atoms with Crippen LogP contribution >= 0.6 is 23.2 Å². The number of halogens is 2. The minimum absolute atomic E-state index is 0.0226. The number of nitrogens with one attached hydrogen (secondary N) is 1. The van der Waals surface area contributed by atoms with Crippen LogP contribution < -0.4 is 4.74 Å². The summed E-state index contributed by atoms with van der Waals surface area (Å²) in [5, 5.41) is 9.36. The molecule has 1 fully saturated rings. The molecule has 0 bridgehead atoms. The Hall–Kier alpha value is -2.54. The van der Waals surface area contributed by atoms with Crippen molar-refractivity contribution in [2.24, 2.45) is 11.8 Å². The van der Waals surface area contributed by atoms with Gasteiger partial charge in [-0.1, -0.05) is 43.1 Å². The van der Waals surface area contributed by atoms with Crippen molar-refractivity contribution >= 4 is 45.1 Å². The van der Waals surface area contributed by atoms with Gasteiger partial charge in [-0.05, 0) is 104 Å². The van der Waals surface area contributed by atoms with Gasteiger partial charge >= 0.3 is 5.97 Å². The maximum atomic E-state index is 12.1. The highest BCUT2D eigenvalue weighted by Gasteiger charge is 2.28. The van der Waals surface area contributed by atoms with Crippen molar-refractivity contribution in [3.05, 3.63) is 63.8 Å². The second-order valence-electron chi connectivity index (χ2n) is 10.6. The zero-order valence-corrected chi connectivity index (χ0v) is 23.7. The van der Waals surface area contributed by atoms with Crippen LogP contribution in [0.5, 0.6) is 5.75 Å². The standard InChI is InChI=1S/C30H35Cl2N3O3/c1-4-37-30(36)19-11-13-35(14-12-19)17-22-6-5-20-15-23(8-9-24(20)27(22)31)38-28(18(2)3)21-7-10-26-25(16-21)29(32)34-33-26/h7-10,15-16,18-19,28H,4-6,11-14,17H2,1-3H3,(H,33,34). The van der Waals surface area contributed by atoms with Crippen LogP contribution in [0.3, 0.4) is 0 Å². The first-order valence-corrected chi connectivity index (χ1v) is 14.3. The Kier molecular flexibility index (Phi) is 8.32. The summed E-state index contributed by atoms with van der Waals surface area (Å²) in [4.78, 5) is 14.5. The maximum Gasteiger partial charge on any atom is 0.309 e. The van der Waals surface area contributed by atoms with Gasteiger partial charge in [0.2, 0.25) is 0 Å². The highest BCUT2D eigenvalue weighted by Crippen LogP contribution is 2.38. The van der Waals surface area contributed by atoms with Crippen molar-refractivity contribution in [1.82, 2.24) is 15.1 Å². The van der Waals surface area contributed by atoms with Gasteiger partial charge in [0, 0.05) is 17.0 Å². The number of carbonyl (C=O) groups excluding carboxylic acids is 1. The van der Waals surface area contributed by atoms with Gasteiger partial charge in [0.15, 0.2) is 0 Å². The Labute approximate surface area is 234 Å². The number of ether oxygens (including phenoxy) is 2. The van der Waals surface area contributed by atoms with Crippen molar-refractivity contribution in [1.29, 1.82) is 0 Å². The molecule has 1 N–H and O–H groups in total. The fourth-order valence-corrected chi connectivity index (χ4v) is 6.10. The van der Waals surface area contributed by atoms with E-state index in [2.05, 4.69) is 53.2 Å². The summed E-state index contributed by atoms with van der Waals surface area (Å²) in [5.74, 6) is 1.07. The Bertz CT molecular complexity index is 1340. The number of likely N-dealkylation sites (tertiary alicyclic amines) is 1. The third-order valence-corrected chi connectivity index (χ3v) is 8.43. The summed E-state index contributed by atoms with van der Waals surface area (Å²) in [6.45, 7) is 9.25. The molecule has 38 heavy (non-hydrogen) atoms. The lowest BCUT2D eigenvalue weighted by Gasteiger charge is -2.32. The van der Waals surface area contributed by atoms with Gasteiger partial charge in [0.25, 0.3) is 0 Å². The number of nitrogens with zero attached hydrogens (tertiary/aromatic N) is 2. The van der Waals surface area contributed by atoms with Gasteiger partial charge in [-0.2, -0.15) is 5.10 Å². The zero-order chi connectivity index (χ0) is 26.8. The molecule has 2 heterocycles. The van der Waals surface area contributed by atoms with Crippen molar-refractivity contribution in [2.45, 2.75) is 52.6 Å². The molecule has 1 saturated heterocycles. The molecule has 1 aliphatic carbocycles. The van der Waals surface area contributed by atoms with Crippen molar-refractivity contribution in [2.75, 3.05) is 26.2 Å². The number of aryl methyl sites for hydroxylation is 1. The Morgan fingerprint density at radius 1 is 1.13 bits per heavy atom. The number of benzene rings is 2. The van der Waals surface area contributed by atoms with E-state index in [4.69, 9.17) is 32.7 Å². The smallest absolute Gasteiger partial charge is 0.309 e. The predicted octanol–water partition coefficient (Wildman–Crippen LogP) is 7.16. The number of piperidine rings is 1. The number of aromatic nitrogens is 2. The van der Waals surface area contributed by atoms with E-state index in [-0.39, 0.29) is 23.9 Å². The Morgan fingerprint density at radius 3 is 2.66 bits per heavy atom. The predicted molar refractivity (Wildman–Crippen MR) is 153 cm³/mol. The van der Waals surface area contributed by atoms with E-state index in [1.807, 2.05) is 19.1 Å². The van der Waals surface area contributed by atoms with E-state index in [9.17, 15) is 4.79 Å². The summed E-state index contributed by atoms with van der Waals surface area (Å²) in [5.41, 5.74) is 5.49. The van der Waals surface area contributed by atoms with Crippen LogP contribution in [0.25, 0.3) is 15.9 Å². The van der Waals surface area contributed by atoms with Gasteiger partial charge in [0.1, 0.15) is 17.0 Å². The molecule has 1 aliphatic heterocycles. The molecule has 0 radical (unpaired) electrons. The summed E-state index contributed by atoms with van der Waals surface area (Å²) < 4.78 is 11.8. The molecule has 1 unspecified atom stereocenters. The summed E-state index contributed by atoms with van der Waals surface area (Å²) in [6.07, 6.45) is 3.43. The number of hydrogen-bond donors (Lipinski definition) is 1. The van der Waals surface area contributed by atoms with Gasteiger partial charge < -0.3 is 9.47 Å². The topological polar surface area (TPSA) is 67.4 Å². The number of fused-ring (bicyclic) bond motifs is 2. The molecule has 0 amide bonds. The van der Waals surface area contributed by atoms with E-state index in [1.54, 1.807) is 0 Å². The molecule has 2 aromatic carbocycles. The first kappa shape index (κ1) is 27.0. The monoisotopic (exact) mass is 555 g/mol. The SMILES string of the molecule is CCOC(=O)C1CCN(CC2=C(Cl)c3ccc(OC(c4ccc5n[nH]c(Cl)c5c4)C(C)C)cc3CC2)CC1. The molecule has 0 spiro atoms. The van der Waals surface area contributed by atoms with Gasteiger partial charge in [0.05, 0.1) is 18.0 Å². The molecule has 1 aromatic heterocycles. The molecule has 1 atom stereocenters. The summed E-state index contributed by atoms with van der Waals surface area (Å²) in [7, 11) is 0. The first-order valence-electron chi connectivity index (χ1n) is 13.5. The quantitative estimate of drug-likeness (QED) is 0.298. The minimum atomic E-state index is -0.119. The molecular formula is C30H35Cl2N3O3. The van der Waals surface area contributed by atoms with Crippen LogP contribution in [-0.4, -0.2) is 47.3 Å². The summed E-state index contributed by atoms with van der Waals surface area (Å²) in [6, 6.07) is 12.3. The van der Waals surface area contributed by atoms with E-state index < -0.39 is 0 Å². The van der Waals surface area contributed by atoms with Gasteiger partial charge in [-0.3, -0.25) is 14.8 Å². The number of hydrogen-bond acceptors (Lipinski definition) is 5. The number of H-pyrrole nitrogens is 1. The molecule has 5 rings (SSSR count). The van der Waals surface area contributed by atoms with E-state index in [1.165, 1.54) is 11.1 Å². The Morgan fingerprint density at radius 2 is 1.92 bits per heavy atom. The third kappa shape index (κ3) is 5.73. The molecule has 0 saturated carbocycles. The highest BCUT2D eigenvalue weighted by molar-refractivity contribution is 6.49. The molecular weight excluding hydrogens is 521 g/mol. The minimum Gasteiger partial charge on any atom is -0.485 e. The molecule has 6 nitrogen and oxygen atoms in total. The van der Waals surface area contributed by atoms with E-state index in [0.717, 1.165) is 78.1 Å². The van der Waals surface area contributed by atoms with E-state index >= 15 is 0 Å². The number of aromatic amines is 1. The lowest BCUT2D eigenvalue weighted by Crippen LogP contribution is -2.38. The fourth-order valence-electron chi connectivity index (χ4n) is 5.56. The van der Waals surface area contributed by atoms with Crippen molar-refractivity contribution in [3.8, 4) is 5.75 Å². The van der Waals surface area contributed by atoms with Crippen LogP contribution in [0, 0.1) is 11.8 Å². The highest BCUT2D eigenvalue weighted by atomic mass is 35.5. The van der Waals surface area contributed by atoms with Crippen LogP contribution in [0.1, 0.15) is 62.8 Å². The molecule has 202 valence electrons. The van der Waals surface area contributed by atoms with Crippen LogP contribution in [0.15, 0.2) is 42.0 Å². The van der Waals surface area contributed by atoms with Crippen molar-refractivity contribution < 1.29 is 14.3 Å². The molecule has 2 aliphatic rings. The second-order valence-corrected chi connectivity index (χ2v) is 11.4. The first-order chi connectivity index (χ1) is 18.3. The Balaban J connectivity index is 1.28. The van der Waals surface area contributed by atoms with Crippen LogP contribution in [-0.2, 0) is 16.0 Å². The second kappa shape index (κ2) is 11.7. The largest absolute Gasteiger partial charge is 0.485 e. The van der Waals surface area contributed by atoms with Crippen LogP contribution in [0.4, 0.5) is 0 Å². The average molecular weight is 557 g/mol. The van der Waals surface area contributed by atoms with Gasteiger partial charge in [-0.15, -0.1) is 0 Å². The maximum absolute atomic E-state index is 12.1. The molecule has 8 heteroatoms. The van der Waals surface area contributed by atoms with Crippen LogP contribution in [0.2, 0.25) is 5.15 Å².